The summed E-state index contributed by atoms with van der Waals surface area (Å²) in [6, 6.07) is 12.8. The first-order valence-electron chi connectivity index (χ1n) is 8.31. The topological polar surface area (TPSA) is 35.6 Å². The second-order valence-electron chi connectivity index (χ2n) is 6.22. The molecule has 4 nitrogen and oxygen atoms in total. The number of benzene rings is 2. The average molecular weight is 362 g/mol. The van der Waals surface area contributed by atoms with E-state index in [-0.39, 0.29) is 11.1 Å². The van der Waals surface area contributed by atoms with Crippen LogP contribution in [0.2, 0.25) is 5.02 Å². The van der Waals surface area contributed by atoms with Gasteiger partial charge in [0.1, 0.15) is 5.82 Å². The lowest BCUT2D eigenvalue weighted by molar-refractivity contribution is 0.194. The van der Waals surface area contributed by atoms with E-state index in [4.69, 9.17) is 11.6 Å². The van der Waals surface area contributed by atoms with Gasteiger partial charge in [-0.05, 0) is 30.7 Å². The Morgan fingerprint density at radius 2 is 1.92 bits per heavy atom. The summed E-state index contributed by atoms with van der Waals surface area (Å²) in [4.78, 5) is 16.2. The van der Waals surface area contributed by atoms with Gasteiger partial charge >= 0.3 is 6.03 Å². The molecule has 1 aliphatic rings. The highest BCUT2D eigenvalue weighted by atomic mass is 35.5. The Morgan fingerprint density at radius 3 is 2.60 bits per heavy atom. The van der Waals surface area contributed by atoms with E-state index in [9.17, 15) is 9.18 Å². The van der Waals surface area contributed by atoms with Gasteiger partial charge in [0.05, 0.1) is 5.02 Å². The molecule has 1 fully saturated rings. The van der Waals surface area contributed by atoms with Crippen molar-refractivity contribution in [2.45, 2.75) is 13.5 Å². The number of piperazine rings is 1. The van der Waals surface area contributed by atoms with Crippen molar-refractivity contribution in [1.82, 2.24) is 10.2 Å². The molecule has 6 heteroatoms. The lowest BCUT2D eigenvalue weighted by Crippen LogP contribution is -2.51. The number of anilines is 1. The van der Waals surface area contributed by atoms with Gasteiger partial charge in [-0.3, -0.25) is 0 Å². The maximum atomic E-state index is 13.3. The van der Waals surface area contributed by atoms with E-state index >= 15 is 0 Å². The number of halogens is 2. The Bertz CT molecular complexity index is 760. The molecular weight excluding hydrogens is 341 g/mol. The van der Waals surface area contributed by atoms with Gasteiger partial charge < -0.3 is 15.1 Å². The summed E-state index contributed by atoms with van der Waals surface area (Å²) in [6.07, 6.45) is 0. The molecule has 0 aliphatic carbocycles. The molecule has 1 aliphatic heterocycles. The molecule has 2 aromatic carbocycles. The standard InChI is InChI=1S/C19H21ClFN3O/c1-14-3-2-4-15(11-14)13-22-19(25)24-9-7-23(8-10-24)16-5-6-18(21)17(20)12-16/h2-6,11-12H,7-10,13H2,1H3,(H,22,25). The van der Waals surface area contributed by atoms with E-state index in [2.05, 4.69) is 16.3 Å². The van der Waals surface area contributed by atoms with E-state index in [0.29, 0.717) is 32.7 Å². The Kier molecular flexibility index (Phi) is 5.43. The summed E-state index contributed by atoms with van der Waals surface area (Å²) in [5.41, 5.74) is 3.15. The predicted molar refractivity (Wildman–Crippen MR) is 98.6 cm³/mol. The number of urea groups is 1. The van der Waals surface area contributed by atoms with Gasteiger partial charge in [-0.1, -0.05) is 41.4 Å². The SMILES string of the molecule is Cc1cccc(CNC(=O)N2CCN(c3ccc(F)c(Cl)c3)CC2)c1. The molecule has 2 aromatic rings. The van der Waals surface area contributed by atoms with Crippen LogP contribution in [0, 0.1) is 12.7 Å². The molecule has 132 valence electrons. The number of rotatable bonds is 3. The summed E-state index contributed by atoms with van der Waals surface area (Å²) >= 11 is 5.85. The van der Waals surface area contributed by atoms with Crippen LogP contribution < -0.4 is 10.2 Å². The van der Waals surface area contributed by atoms with Gasteiger partial charge in [0.15, 0.2) is 0 Å². The zero-order chi connectivity index (χ0) is 17.8. The average Bonchev–Trinajstić information content (AvgIpc) is 2.62. The van der Waals surface area contributed by atoms with Gasteiger partial charge in [-0.15, -0.1) is 0 Å². The highest BCUT2D eigenvalue weighted by molar-refractivity contribution is 6.31. The first kappa shape index (κ1) is 17.5. The van der Waals surface area contributed by atoms with Crippen LogP contribution in [0.3, 0.4) is 0 Å². The predicted octanol–water partition coefficient (Wildman–Crippen LogP) is 3.82. The number of hydrogen-bond donors (Lipinski definition) is 1. The summed E-state index contributed by atoms with van der Waals surface area (Å²) in [6.45, 7) is 5.18. The fourth-order valence-corrected chi connectivity index (χ4v) is 3.14. The molecule has 0 atom stereocenters. The molecule has 0 aromatic heterocycles. The molecular formula is C19H21ClFN3O. The zero-order valence-corrected chi connectivity index (χ0v) is 14.9. The molecule has 25 heavy (non-hydrogen) atoms. The van der Waals surface area contributed by atoms with Crippen LogP contribution >= 0.6 is 11.6 Å². The highest BCUT2D eigenvalue weighted by Gasteiger charge is 2.21. The van der Waals surface area contributed by atoms with Gasteiger partial charge in [-0.25, -0.2) is 9.18 Å². The van der Waals surface area contributed by atoms with E-state index < -0.39 is 5.82 Å². The minimum absolute atomic E-state index is 0.0571. The molecule has 1 heterocycles. The maximum Gasteiger partial charge on any atom is 0.317 e. The van der Waals surface area contributed by atoms with Crippen LogP contribution in [0.4, 0.5) is 14.9 Å². The lowest BCUT2D eigenvalue weighted by Gasteiger charge is -2.36. The monoisotopic (exact) mass is 361 g/mol. The number of carbonyl (C=O) groups excluding carboxylic acids is 1. The van der Waals surface area contributed by atoms with Crippen molar-refractivity contribution >= 4 is 23.3 Å². The van der Waals surface area contributed by atoms with E-state index in [1.54, 1.807) is 17.0 Å². The molecule has 3 rings (SSSR count). The van der Waals surface area contributed by atoms with Gasteiger partial charge in [0.2, 0.25) is 0 Å². The van der Waals surface area contributed by atoms with Crippen molar-refractivity contribution in [1.29, 1.82) is 0 Å². The number of amides is 2. The number of carbonyl (C=O) groups is 1. The zero-order valence-electron chi connectivity index (χ0n) is 14.1. The maximum absolute atomic E-state index is 13.3. The molecule has 0 radical (unpaired) electrons. The fourth-order valence-electron chi connectivity index (χ4n) is 2.96. The Labute approximate surface area is 152 Å². The number of nitrogens with zero attached hydrogens (tertiary/aromatic N) is 2. The summed E-state index contributed by atoms with van der Waals surface area (Å²) < 4.78 is 13.3. The number of nitrogens with one attached hydrogen (secondary N) is 1. The quantitative estimate of drug-likeness (QED) is 0.902. The van der Waals surface area contributed by atoms with Crippen LogP contribution in [0.1, 0.15) is 11.1 Å². The number of aryl methyl sites for hydroxylation is 1. The molecule has 1 saturated heterocycles. The molecule has 0 saturated carbocycles. The number of hydrogen-bond acceptors (Lipinski definition) is 2. The first-order chi connectivity index (χ1) is 12.0. The van der Waals surface area contributed by atoms with Crippen LogP contribution in [-0.2, 0) is 6.54 Å². The van der Waals surface area contributed by atoms with Gasteiger partial charge in [0.25, 0.3) is 0 Å². The van der Waals surface area contributed by atoms with Crippen molar-refractivity contribution in [2.75, 3.05) is 31.1 Å². The minimum atomic E-state index is -0.417. The van der Waals surface area contributed by atoms with Crippen LogP contribution in [-0.4, -0.2) is 37.1 Å². The molecule has 0 spiro atoms. The molecule has 0 unspecified atom stereocenters. The molecule has 0 bridgehead atoms. The lowest BCUT2D eigenvalue weighted by atomic mass is 10.1. The van der Waals surface area contributed by atoms with Crippen molar-refractivity contribution in [3.8, 4) is 0 Å². The first-order valence-corrected chi connectivity index (χ1v) is 8.69. The van der Waals surface area contributed by atoms with Gasteiger partial charge in [-0.2, -0.15) is 0 Å². The smallest absolute Gasteiger partial charge is 0.317 e. The van der Waals surface area contributed by atoms with Crippen LogP contribution in [0.15, 0.2) is 42.5 Å². The van der Waals surface area contributed by atoms with E-state index in [1.807, 2.05) is 25.1 Å². The minimum Gasteiger partial charge on any atom is -0.368 e. The third-order valence-electron chi connectivity index (χ3n) is 4.36. The normalized spacial score (nSPS) is 14.5. The van der Waals surface area contributed by atoms with Gasteiger partial charge in [0, 0.05) is 38.4 Å². The molecule has 2 amide bonds. The van der Waals surface area contributed by atoms with Crippen LogP contribution in [0.5, 0.6) is 0 Å². The Morgan fingerprint density at radius 1 is 1.16 bits per heavy atom. The van der Waals surface area contributed by atoms with Crippen molar-refractivity contribution in [3.63, 3.8) is 0 Å². The second-order valence-corrected chi connectivity index (χ2v) is 6.63. The Balaban J connectivity index is 1.51. The van der Waals surface area contributed by atoms with E-state index in [1.165, 1.54) is 11.6 Å². The summed E-state index contributed by atoms with van der Waals surface area (Å²) in [5.74, 6) is -0.417. The second kappa shape index (κ2) is 7.74. The fraction of sp³-hybridized carbons (Fsp3) is 0.316. The van der Waals surface area contributed by atoms with Crippen LogP contribution in [0.25, 0.3) is 0 Å². The Hall–Kier alpha value is -2.27. The largest absolute Gasteiger partial charge is 0.368 e. The van der Waals surface area contributed by atoms with E-state index in [0.717, 1.165) is 11.3 Å². The van der Waals surface area contributed by atoms with Crippen molar-refractivity contribution < 1.29 is 9.18 Å². The third kappa shape index (κ3) is 4.42. The summed E-state index contributed by atoms with van der Waals surface area (Å²) in [7, 11) is 0. The highest BCUT2D eigenvalue weighted by Crippen LogP contribution is 2.23. The van der Waals surface area contributed by atoms with Crippen molar-refractivity contribution in [2.24, 2.45) is 0 Å². The third-order valence-corrected chi connectivity index (χ3v) is 4.65. The molecule has 1 N–H and O–H groups in total. The van der Waals surface area contributed by atoms with Crippen molar-refractivity contribution in [3.05, 3.63) is 64.4 Å². The summed E-state index contributed by atoms with van der Waals surface area (Å²) in [5, 5.41) is 3.09.